The topological polar surface area (TPSA) is 91.8 Å². The lowest BCUT2D eigenvalue weighted by Gasteiger charge is -2.25. The van der Waals surface area contributed by atoms with E-state index in [-0.39, 0.29) is 16.4 Å². The maximum Gasteiger partial charge on any atom is 0.294 e. The maximum atomic E-state index is 12.5. The zero-order valence-electron chi connectivity index (χ0n) is 14.4. The molecule has 3 rings (SSSR count). The van der Waals surface area contributed by atoms with E-state index in [1.54, 1.807) is 30.3 Å². The lowest BCUT2D eigenvalue weighted by molar-refractivity contribution is -0.136. The quantitative estimate of drug-likeness (QED) is 0.681. The molecule has 0 aliphatic carbocycles. The minimum Gasteiger partial charge on any atom is -0.340 e. The summed E-state index contributed by atoms with van der Waals surface area (Å²) in [5.74, 6) is -1.07. The lowest BCUT2D eigenvalue weighted by atomic mass is 10.2. The maximum absolute atomic E-state index is 12.5. The van der Waals surface area contributed by atoms with E-state index >= 15 is 0 Å². The predicted octanol–water partition coefficient (Wildman–Crippen LogP) is 2.02. The Balaban J connectivity index is 1.69. The van der Waals surface area contributed by atoms with Gasteiger partial charge in [0.15, 0.2) is 9.84 Å². The highest BCUT2D eigenvalue weighted by Gasteiger charge is 2.39. The SMILES string of the molecule is CN(C(=O)CN1C(=O)S/C(=C\c2cccc(Cl)c2)C1=O)[C@@H]1CCS(=O)(=O)C1. The number of likely N-dealkylation sites (N-methyl/N-ethyl adjacent to an activating group) is 1. The monoisotopic (exact) mass is 428 g/mol. The van der Waals surface area contributed by atoms with Crippen LogP contribution in [0.4, 0.5) is 4.79 Å². The summed E-state index contributed by atoms with van der Waals surface area (Å²) >= 11 is 6.68. The molecule has 2 saturated heterocycles. The molecule has 0 spiro atoms. The van der Waals surface area contributed by atoms with Gasteiger partial charge in [-0.15, -0.1) is 0 Å². The number of carbonyl (C=O) groups is 3. The summed E-state index contributed by atoms with van der Waals surface area (Å²) in [4.78, 5) is 39.5. The van der Waals surface area contributed by atoms with Crippen LogP contribution in [-0.4, -0.2) is 66.4 Å². The van der Waals surface area contributed by atoms with Gasteiger partial charge < -0.3 is 4.90 Å². The van der Waals surface area contributed by atoms with Crippen LogP contribution in [0.2, 0.25) is 5.02 Å². The minimum atomic E-state index is -3.14. The third-order valence-corrected chi connectivity index (χ3v) is 7.36. The molecule has 2 heterocycles. The molecule has 0 saturated carbocycles. The Morgan fingerprint density at radius 3 is 2.78 bits per heavy atom. The van der Waals surface area contributed by atoms with Crippen molar-refractivity contribution in [2.45, 2.75) is 12.5 Å². The molecule has 0 bridgehead atoms. The number of nitrogens with zero attached hydrogens (tertiary/aromatic N) is 2. The Hall–Kier alpha value is -1.84. The predicted molar refractivity (Wildman–Crippen MR) is 104 cm³/mol. The Labute approximate surface area is 166 Å². The lowest BCUT2D eigenvalue weighted by Crippen LogP contribution is -2.45. The molecule has 0 N–H and O–H groups in total. The van der Waals surface area contributed by atoms with Crippen LogP contribution in [0, 0.1) is 0 Å². The number of hydrogen-bond acceptors (Lipinski definition) is 6. The second-order valence-corrected chi connectivity index (χ2v) is 10.0. The van der Waals surface area contributed by atoms with Crippen molar-refractivity contribution in [3.05, 3.63) is 39.8 Å². The molecular weight excluding hydrogens is 412 g/mol. The summed E-state index contributed by atoms with van der Waals surface area (Å²) < 4.78 is 23.2. The second kappa shape index (κ2) is 7.65. The zero-order chi connectivity index (χ0) is 19.8. The molecular formula is C17H17ClN2O5S2. The van der Waals surface area contributed by atoms with Crippen LogP contribution >= 0.6 is 23.4 Å². The van der Waals surface area contributed by atoms with Crippen molar-refractivity contribution >= 4 is 56.3 Å². The molecule has 0 radical (unpaired) electrons. The van der Waals surface area contributed by atoms with Gasteiger partial charge in [-0.2, -0.15) is 0 Å². The van der Waals surface area contributed by atoms with Crippen molar-refractivity contribution in [2.24, 2.45) is 0 Å². The number of thioether (sulfide) groups is 1. The van der Waals surface area contributed by atoms with Crippen LogP contribution in [-0.2, 0) is 19.4 Å². The first-order chi connectivity index (χ1) is 12.7. The van der Waals surface area contributed by atoms with Crippen molar-refractivity contribution in [3.8, 4) is 0 Å². The van der Waals surface area contributed by atoms with Crippen molar-refractivity contribution in [3.63, 3.8) is 0 Å². The van der Waals surface area contributed by atoms with E-state index < -0.39 is 39.5 Å². The van der Waals surface area contributed by atoms with Crippen molar-refractivity contribution in [1.82, 2.24) is 9.80 Å². The summed E-state index contributed by atoms with van der Waals surface area (Å²) in [6.07, 6.45) is 1.91. The number of sulfone groups is 1. The van der Waals surface area contributed by atoms with Crippen LogP contribution in [0.25, 0.3) is 6.08 Å². The van der Waals surface area contributed by atoms with E-state index in [2.05, 4.69) is 0 Å². The molecule has 1 aromatic rings. The molecule has 0 aromatic heterocycles. The Kier molecular flexibility index (Phi) is 5.64. The van der Waals surface area contributed by atoms with E-state index in [1.807, 2.05) is 0 Å². The van der Waals surface area contributed by atoms with Gasteiger partial charge in [-0.25, -0.2) is 8.42 Å². The molecule has 1 aromatic carbocycles. The van der Waals surface area contributed by atoms with Gasteiger partial charge in [0.2, 0.25) is 5.91 Å². The van der Waals surface area contributed by atoms with Gasteiger partial charge >= 0.3 is 0 Å². The minimum absolute atomic E-state index is 0.0409. The fourth-order valence-electron chi connectivity index (χ4n) is 2.92. The van der Waals surface area contributed by atoms with Crippen LogP contribution in [0.1, 0.15) is 12.0 Å². The van der Waals surface area contributed by atoms with Crippen molar-refractivity contribution in [1.29, 1.82) is 0 Å². The Bertz CT molecular complexity index is 944. The first-order valence-electron chi connectivity index (χ1n) is 8.13. The van der Waals surface area contributed by atoms with E-state index in [4.69, 9.17) is 11.6 Å². The van der Waals surface area contributed by atoms with Gasteiger partial charge in [0.05, 0.1) is 16.4 Å². The third kappa shape index (κ3) is 4.53. The number of imide groups is 1. The molecule has 1 atom stereocenters. The molecule has 3 amide bonds. The Morgan fingerprint density at radius 1 is 1.41 bits per heavy atom. The smallest absolute Gasteiger partial charge is 0.294 e. The highest BCUT2D eigenvalue weighted by atomic mass is 35.5. The van der Waals surface area contributed by atoms with Gasteiger partial charge in [-0.05, 0) is 42.0 Å². The summed E-state index contributed by atoms with van der Waals surface area (Å²) in [7, 11) is -1.64. The average Bonchev–Trinajstić information content (AvgIpc) is 3.08. The average molecular weight is 429 g/mol. The normalized spacial score (nSPS) is 23.3. The number of rotatable bonds is 4. The molecule has 7 nitrogen and oxygen atoms in total. The fraction of sp³-hybridized carbons (Fsp3) is 0.353. The number of halogens is 1. The third-order valence-electron chi connectivity index (χ3n) is 4.46. The van der Waals surface area contributed by atoms with E-state index in [9.17, 15) is 22.8 Å². The number of amides is 3. The first kappa shape index (κ1) is 19.9. The first-order valence-corrected chi connectivity index (χ1v) is 11.1. The van der Waals surface area contributed by atoms with Crippen molar-refractivity contribution in [2.75, 3.05) is 25.1 Å². The fourth-order valence-corrected chi connectivity index (χ4v) is 5.73. The number of carbonyl (C=O) groups excluding carboxylic acids is 3. The summed E-state index contributed by atoms with van der Waals surface area (Å²) in [6, 6.07) is 6.41. The van der Waals surface area contributed by atoms with E-state index in [0.29, 0.717) is 17.0 Å². The summed E-state index contributed by atoms with van der Waals surface area (Å²) in [5, 5.41) is -0.0274. The van der Waals surface area contributed by atoms with Crippen LogP contribution in [0.5, 0.6) is 0 Å². The molecule has 2 aliphatic heterocycles. The number of benzene rings is 1. The van der Waals surface area contributed by atoms with E-state index in [1.165, 1.54) is 11.9 Å². The van der Waals surface area contributed by atoms with Gasteiger partial charge in [-0.3, -0.25) is 19.3 Å². The van der Waals surface area contributed by atoms with Gasteiger partial charge in [-0.1, -0.05) is 23.7 Å². The molecule has 27 heavy (non-hydrogen) atoms. The second-order valence-electron chi connectivity index (χ2n) is 6.38. The zero-order valence-corrected chi connectivity index (χ0v) is 16.8. The summed E-state index contributed by atoms with van der Waals surface area (Å²) in [5.41, 5.74) is 0.674. The summed E-state index contributed by atoms with van der Waals surface area (Å²) in [6.45, 7) is -0.412. The van der Waals surface area contributed by atoms with Gasteiger partial charge in [0.1, 0.15) is 6.54 Å². The molecule has 0 unspecified atom stereocenters. The van der Waals surface area contributed by atoms with E-state index in [0.717, 1.165) is 16.7 Å². The molecule has 2 aliphatic rings. The van der Waals surface area contributed by atoms with Crippen LogP contribution < -0.4 is 0 Å². The Morgan fingerprint density at radius 2 is 2.15 bits per heavy atom. The largest absolute Gasteiger partial charge is 0.340 e. The highest BCUT2D eigenvalue weighted by molar-refractivity contribution is 8.18. The molecule has 2 fully saturated rings. The standard InChI is InChI=1S/C17H17ClN2O5S2/c1-19(13-5-6-27(24,25)10-13)15(21)9-20-16(22)14(26-17(20)23)8-11-3-2-4-12(18)7-11/h2-4,7-8,13H,5-6,9-10H2,1H3/b14-8-/t13-/m1/s1. The van der Waals surface area contributed by atoms with Gasteiger partial charge in [0.25, 0.3) is 11.1 Å². The molecule has 10 heteroatoms. The van der Waals surface area contributed by atoms with Crippen LogP contribution in [0.3, 0.4) is 0 Å². The van der Waals surface area contributed by atoms with Gasteiger partial charge in [0, 0.05) is 18.1 Å². The van der Waals surface area contributed by atoms with Crippen LogP contribution in [0.15, 0.2) is 29.2 Å². The molecule has 144 valence electrons. The highest BCUT2D eigenvalue weighted by Crippen LogP contribution is 2.32. The number of hydrogen-bond donors (Lipinski definition) is 0. The van der Waals surface area contributed by atoms with Crippen molar-refractivity contribution < 1.29 is 22.8 Å².